The molecule has 42 heavy (non-hydrogen) atoms. The second-order valence-electron chi connectivity index (χ2n) is 9.65. The molecule has 2 saturated heterocycles. The molecule has 2 fully saturated rings. The maximum atomic E-state index is 13.5. The highest BCUT2D eigenvalue weighted by Gasteiger charge is 2.54. The van der Waals surface area contributed by atoms with Crippen LogP contribution < -0.4 is 15.5 Å². The van der Waals surface area contributed by atoms with Crippen molar-refractivity contribution in [3.8, 4) is 0 Å². The number of para-hydroxylation sites is 1. The molecule has 6 amide bonds. The fourth-order valence-electron chi connectivity index (χ4n) is 4.94. The lowest BCUT2D eigenvalue weighted by molar-refractivity contribution is -0.151. The van der Waals surface area contributed by atoms with Crippen LogP contribution in [-0.2, 0) is 23.9 Å². The molecule has 3 aliphatic rings. The predicted octanol–water partition coefficient (Wildman–Crippen LogP) is 1.68. The largest absolute Gasteiger partial charge is 0.477 e. The van der Waals surface area contributed by atoms with Crippen molar-refractivity contribution < 1.29 is 38.6 Å². The number of esters is 1. The summed E-state index contributed by atoms with van der Waals surface area (Å²) in [6, 6.07) is 13.6. The number of rotatable bonds is 8. The molecule has 218 valence electrons. The average Bonchev–Trinajstić information content (AvgIpc) is 3.38. The quantitative estimate of drug-likeness (QED) is 0.305. The van der Waals surface area contributed by atoms with E-state index in [4.69, 9.17) is 4.74 Å². The highest BCUT2D eigenvalue weighted by Crippen LogP contribution is 2.40. The Kier molecular flexibility index (Phi) is 8.15. The second kappa shape index (κ2) is 11.9. The lowest BCUT2D eigenvalue weighted by Gasteiger charge is -2.49. The van der Waals surface area contributed by atoms with Gasteiger partial charge in [-0.15, -0.1) is 11.8 Å². The van der Waals surface area contributed by atoms with Crippen molar-refractivity contribution in [2.24, 2.45) is 0 Å². The Morgan fingerprint density at radius 2 is 1.69 bits per heavy atom. The van der Waals surface area contributed by atoms with Crippen LogP contribution >= 0.6 is 11.8 Å². The van der Waals surface area contributed by atoms with Crippen LogP contribution in [0.2, 0.25) is 0 Å². The van der Waals surface area contributed by atoms with E-state index in [1.54, 1.807) is 54.6 Å². The number of β-lactam (4-membered cyclic amide) rings is 1. The minimum absolute atomic E-state index is 0.109. The Labute approximate surface area is 244 Å². The minimum atomic E-state index is -1.35. The van der Waals surface area contributed by atoms with E-state index in [9.17, 15) is 33.9 Å². The van der Waals surface area contributed by atoms with Gasteiger partial charge in [0.15, 0.2) is 0 Å². The molecular formula is C28H27N5O8S. The Hall–Kier alpha value is -4.85. The Morgan fingerprint density at radius 3 is 2.33 bits per heavy atom. The van der Waals surface area contributed by atoms with Gasteiger partial charge in [0.05, 0.1) is 6.54 Å². The van der Waals surface area contributed by atoms with Gasteiger partial charge >= 0.3 is 24.0 Å². The number of hydrogen-bond donors (Lipinski definition) is 3. The smallest absolute Gasteiger partial charge is 0.352 e. The van der Waals surface area contributed by atoms with Gasteiger partial charge in [-0.25, -0.2) is 19.3 Å². The Bertz CT molecular complexity index is 1470. The number of thioether (sulfide) groups is 1. The number of fused-ring (bicyclic) bond motifs is 1. The molecule has 3 N–H and O–H groups in total. The zero-order valence-corrected chi connectivity index (χ0v) is 23.2. The van der Waals surface area contributed by atoms with Crippen molar-refractivity contribution >= 4 is 53.3 Å². The van der Waals surface area contributed by atoms with Crippen LogP contribution in [0.4, 0.5) is 15.3 Å². The molecule has 0 spiro atoms. The number of ether oxygens (including phenoxy) is 1. The molecule has 0 aromatic heterocycles. The Morgan fingerprint density at radius 1 is 1.02 bits per heavy atom. The van der Waals surface area contributed by atoms with Crippen molar-refractivity contribution in [1.29, 1.82) is 0 Å². The molecule has 0 radical (unpaired) electrons. The van der Waals surface area contributed by atoms with Gasteiger partial charge in [0.25, 0.3) is 5.91 Å². The van der Waals surface area contributed by atoms with E-state index in [1.165, 1.54) is 23.6 Å². The number of carbonyl (C=O) groups is 6. The predicted molar refractivity (Wildman–Crippen MR) is 150 cm³/mol. The topological polar surface area (TPSA) is 166 Å². The van der Waals surface area contributed by atoms with Crippen LogP contribution in [0.3, 0.4) is 0 Å². The fraction of sp³-hybridized carbons (Fsp3) is 0.286. The molecule has 5 rings (SSSR count). The van der Waals surface area contributed by atoms with Crippen LogP contribution in [-0.4, -0.2) is 87.6 Å². The number of carboxylic acids is 1. The van der Waals surface area contributed by atoms with E-state index in [2.05, 4.69) is 10.6 Å². The van der Waals surface area contributed by atoms with Gasteiger partial charge in [0.1, 0.15) is 29.8 Å². The highest BCUT2D eigenvalue weighted by molar-refractivity contribution is 8.00. The summed E-state index contributed by atoms with van der Waals surface area (Å²) in [4.78, 5) is 79.6. The number of amides is 6. The Balaban J connectivity index is 1.30. The van der Waals surface area contributed by atoms with Crippen LogP contribution in [0.25, 0.3) is 0 Å². The number of carboxylic acid groups (broad SMARTS) is 1. The lowest BCUT2D eigenvalue weighted by atomic mass is 10.0. The number of aliphatic carboxylic acids is 1. The molecule has 0 saturated carbocycles. The third-order valence-electron chi connectivity index (χ3n) is 6.98. The van der Waals surface area contributed by atoms with E-state index in [0.29, 0.717) is 11.3 Å². The van der Waals surface area contributed by atoms with Crippen molar-refractivity contribution in [3.05, 3.63) is 77.5 Å². The maximum absolute atomic E-state index is 13.5. The number of nitrogens with one attached hydrogen (secondary N) is 2. The van der Waals surface area contributed by atoms with Crippen LogP contribution in [0.5, 0.6) is 0 Å². The average molecular weight is 594 g/mol. The molecule has 2 aromatic carbocycles. The van der Waals surface area contributed by atoms with E-state index < -0.39 is 53.3 Å². The summed E-state index contributed by atoms with van der Waals surface area (Å²) < 4.78 is 4.94. The molecule has 3 heterocycles. The van der Waals surface area contributed by atoms with E-state index in [0.717, 1.165) is 9.80 Å². The van der Waals surface area contributed by atoms with E-state index in [-0.39, 0.29) is 36.7 Å². The van der Waals surface area contributed by atoms with Crippen molar-refractivity contribution in [2.75, 3.05) is 30.3 Å². The molecule has 2 aromatic rings. The number of urea groups is 2. The van der Waals surface area contributed by atoms with Crippen LogP contribution in [0.15, 0.2) is 71.9 Å². The zero-order chi connectivity index (χ0) is 30.0. The van der Waals surface area contributed by atoms with Crippen molar-refractivity contribution in [3.63, 3.8) is 0 Å². The molecule has 13 nitrogen and oxygen atoms in total. The number of imide groups is 1. The molecule has 14 heteroatoms. The molecule has 3 aliphatic heterocycles. The molecule has 0 bridgehead atoms. The summed E-state index contributed by atoms with van der Waals surface area (Å²) in [5, 5.41) is 14.3. The number of anilines is 1. The summed E-state index contributed by atoms with van der Waals surface area (Å²) in [6.45, 7) is 1.32. The van der Waals surface area contributed by atoms with Gasteiger partial charge in [-0.05, 0) is 17.7 Å². The molecule has 3 atom stereocenters. The van der Waals surface area contributed by atoms with Gasteiger partial charge in [0, 0.05) is 30.5 Å². The first-order valence-electron chi connectivity index (χ1n) is 13.0. The third-order valence-corrected chi connectivity index (χ3v) is 8.32. The SMILES string of the molecule is CC(=O)OCC1=C(C(=O)O)N2C(=O)C(NC(=O)[C@H](NC(=O)N3CCN(c4ccccc4)C3=O)c3ccccc3)[C@H]2SC1. The number of carbonyl (C=O) groups excluding carboxylic acids is 5. The summed E-state index contributed by atoms with van der Waals surface area (Å²) in [7, 11) is 0. The highest BCUT2D eigenvalue weighted by atomic mass is 32.2. The van der Waals surface area contributed by atoms with Crippen LogP contribution in [0, 0.1) is 0 Å². The first kappa shape index (κ1) is 28.7. The first-order valence-corrected chi connectivity index (χ1v) is 14.1. The molecule has 0 aliphatic carbocycles. The van der Waals surface area contributed by atoms with Gasteiger partial charge in [-0.1, -0.05) is 48.5 Å². The standard InChI is InChI=1S/C28H27N5O8S/c1-16(34)41-14-18-15-42-25-21(24(36)33(25)22(18)26(37)38)29-23(35)20(17-8-4-2-5-9-17)30-27(39)32-13-12-31(28(32)40)19-10-6-3-7-11-19/h2-11,20-21,25H,12-15H2,1H3,(H,29,35)(H,30,39)(H,37,38)/t20-,21?,25-/m1/s1. The summed E-state index contributed by atoms with van der Waals surface area (Å²) in [5.41, 5.74) is 1.05. The second-order valence-corrected chi connectivity index (χ2v) is 10.8. The van der Waals surface area contributed by atoms with Gasteiger partial charge in [0.2, 0.25) is 5.91 Å². The normalized spacial score (nSPS) is 20.5. The fourth-order valence-corrected chi connectivity index (χ4v) is 6.27. The van der Waals surface area contributed by atoms with Gasteiger partial charge in [-0.2, -0.15) is 0 Å². The van der Waals surface area contributed by atoms with E-state index >= 15 is 0 Å². The molecular weight excluding hydrogens is 566 g/mol. The summed E-state index contributed by atoms with van der Waals surface area (Å²) >= 11 is 1.22. The summed E-state index contributed by atoms with van der Waals surface area (Å²) in [6.07, 6.45) is 0. The monoisotopic (exact) mass is 593 g/mol. The number of hydrogen-bond acceptors (Lipinski definition) is 8. The van der Waals surface area contributed by atoms with Crippen LogP contribution in [0.1, 0.15) is 18.5 Å². The third kappa shape index (κ3) is 5.52. The van der Waals surface area contributed by atoms with Crippen molar-refractivity contribution in [2.45, 2.75) is 24.4 Å². The van der Waals surface area contributed by atoms with Crippen molar-refractivity contribution in [1.82, 2.24) is 20.4 Å². The first-order chi connectivity index (χ1) is 20.2. The molecule has 1 unspecified atom stereocenters. The van der Waals surface area contributed by atoms with Gasteiger partial charge < -0.3 is 20.5 Å². The minimum Gasteiger partial charge on any atom is -0.477 e. The lowest BCUT2D eigenvalue weighted by Crippen LogP contribution is -2.71. The number of benzene rings is 2. The summed E-state index contributed by atoms with van der Waals surface area (Å²) in [5.74, 6) is -3.12. The zero-order valence-electron chi connectivity index (χ0n) is 22.4. The van der Waals surface area contributed by atoms with Gasteiger partial charge in [-0.3, -0.25) is 24.2 Å². The maximum Gasteiger partial charge on any atom is 0.352 e. The number of nitrogens with zero attached hydrogens (tertiary/aromatic N) is 3. The van der Waals surface area contributed by atoms with E-state index in [1.807, 2.05) is 6.07 Å².